The molecule has 8 heteroatoms. The molecule has 0 amide bonds. The summed E-state index contributed by atoms with van der Waals surface area (Å²) in [5.74, 6) is 0.700. The van der Waals surface area contributed by atoms with Crippen LogP contribution >= 0.6 is 0 Å². The lowest BCUT2D eigenvalue weighted by Crippen LogP contribution is -2.20. The molecule has 2 heterocycles. The average molecular weight is 394 g/mol. The number of benzene rings is 1. The molecule has 0 aliphatic carbocycles. The number of aliphatic imine (C=N–C) groups is 1. The second kappa shape index (κ2) is 8.55. The summed E-state index contributed by atoms with van der Waals surface area (Å²) >= 11 is 0. The van der Waals surface area contributed by atoms with Gasteiger partial charge in [-0.15, -0.1) is 0 Å². The number of carbonyl (C=O) groups excluding carboxylic acids is 1. The molecule has 29 heavy (non-hydrogen) atoms. The van der Waals surface area contributed by atoms with Crippen molar-refractivity contribution >= 4 is 17.5 Å². The molecule has 0 fully saturated rings. The third kappa shape index (κ3) is 4.43. The Kier molecular flexibility index (Phi) is 5.92. The molecule has 0 bridgehead atoms. The zero-order valence-corrected chi connectivity index (χ0v) is 16.7. The molecular formula is C21H22N4O4. The summed E-state index contributed by atoms with van der Waals surface area (Å²) in [5, 5.41) is 3.01. The van der Waals surface area contributed by atoms with Gasteiger partial charge in [0.1, 0.15) is 5.75 Å². The molecule has 0 saturated heterocycles. The topological polar surface area (TPSA) is 98.6 Å². The fraction of sp³-hybridized carbons (Fsp3) is 0.238. The maximum atomic E-state index is 13.2. The number of carbonyl (C=O) groups is 1. The van der Waals surface area contributed by atoms with E-state index in [4.69, 9.17) is 9.47 Å². The summed E-state index contributed by atoms with van der Waals surface area (Å²) in [7, 11) is 2.87. The Bertz CT molecular complexity index is 1110. The Morgan fingerprint density at radius 1 is 1.17 bits per heavy atom. The van der Waals surface area contributed by atoms with Gasteiger partial charge in [0.15, 0.2) is 5.82 Å². The zero-order valence-electron chi connectivity index (χ0n) is 16.7. The van der Waals surface area contributed by atoms with E-state index in [1.165, 1.54) is 11.8 Å². The van der Waals surface area contributed by atoms with Crippen molar-refractivity contribution in [1.82, 2.24) is 14.8 Å². The van der Waals surface area contributed by atoms with E-state index in [0.717, 1.165) is 5.69 Å². The number of hydrogen-bond donors (Lipinski definition) is 1. The first-order chi connectivity index (χ1) is 13.9. The predicted molar refractivity (Wildman–Crippen MR) is 110 cm³/mol. The van der Waals surface area contributed by atoms with Crippen LogP contribution in [0.2, 0.25) is 0 Å². The Morgan fingerprint density at radius 2 is 1.90 bits per heavy atom. The van der Waals surface area contributed by atoms with Crippen molar-refractivity contribution in [3.05, 3.63) is 69.8 Å². The highest BCUT2D eigenvalue weighted by atomic mass is 16.5. The molecule has 2 aromatic heterocycles. The molecule has 150 valence electrons. The van der Waals surface area contributed by atoms with Crippen LogP contribution in [0.25, 0.3) is 5.69 Å². The fourth-order valence-corrected chi connectivity index (χ4v) is 2.93. The van der Waals surface area contributed by atoms with Crippen LogP contribution in [0.3, 0.4) is 0 Å². The molecule has 8 nitrogen and oxygen atoms in total. The van der Waals surface area contributed by atoms with Gasteiger partial charge in [-0.05, 0) is 50.2 Å². The number of esters is 1. The number of aromatic nitrogens is 3. The minimum Gasteiger partial charge on any atom is -0.497 e. The highest BCUT2D eigenvalue weighted by Crippen LogP contribution is 2.16. The van der Waals surface area contributed by atoms with Gasteiger partial charge in [-0.3, -0.25) is 14.7 Å². The Balaban J connectivity index is 2.11. The molecule has 3 rings (SSSR count). The number of nitrogens with zero attached hydrogens (tertiary/aromatic N) is 3. The molecule has 1 aromatic carbocycles. The predicted octanol–water partition coefficient (Wildman–Crippen LogP) is 2.73. The second-order valence-corrected chi connectivity index (χ2v) is 6.39. The van der Waals surface area contributed by atoms with Crippen molar-refractivity contribution in [3.63, 3.8) is 0 Å². The first-order valence-electron chi connectivity index (χ1n) is 8.97. The number of rotatable bonds is 6. The summed E-state index contributed by atoms with van der Waals surface area (Å²) in [6.45, 7) is 3.58. The third-order valence-corrected chi connectivity index (χ3v) is 4.36. The van der Waals surface area contributed by atoms with Crippen molar-refractivity contribution in [3.8, 4) is 11.4 Å². The molecule has 0 aliphatic heterocycles. The maximum Gasteiger partial charge on any atom is 0.311 e. The van der Waals surface area contributed by atoms with E-state index >= 15 is 0 Å². The highest BCUT2D eigenvalue weighted by Gasteiger charge is 2.20. The lowest BCUT2D eigenvalue weighted by molar-refractivity contribution is -0.139. The number of aromatic amines is 1. The minimum atomic E-state index is -0.462. The molecule has 0 aliphatic rings. The van der Waals surface area contributed by atoms with Crippen molar-refractivity contribution in [2.75, 3.05) is 14.2 Å². The van der Waals surface area contributed by atoms with Crippen LogP contribution in [0.15, 0.2) is 52.3 Å². The van der Waals surface area contributed by atoms with Crippen LogP contribution in [0, 0.1) is 6.92 Å². The van der Waals surface area contributed by atoms with E-state index < -0.39 is 5.97 Å². The van der Waals surface area contributed by atoms with Crippen LogP contribution in [0.1, 0.15) is 23.9 Å². The van der Waals surface area contributed by atoms with E-state index in [0.29, 0.717) is 34.2 Å². The molecule has 0 spiro atoms. The summed E-state index contributed by atoms with van der Waals surface area (Å²) in [5.41, 5.74) is 2.30. The van der Waals surface area contributed by atoms with Crippen molar-refractivity contribution in [2.45, 2.75) is 20.3 Å². The van der Waals surface area contributed by atoms with Gasteiger partial charge >= 0.3 is 5.97 Å². The maximum absolute atomic E-state index is 13.2. The molecule has 0 atom stereocenters. The summed E-state index contributed by atoms with van der Waals surface area (Å²) in [4.78, 5) is 33.9. The molecule has 3 aromatic rings. The molecular weight excluding hydrogens is 372 g/mol. The monoisotopic (exact) mass is 394 g/mol. The summed E-state index contributed by atoms with van der Waals surface area (Å²) in [6, 6.07) is 12.5. The fourth-order valence-electron chi connectivity index (χ4n) is 2.93. The molecule has 0 unspecified atom stereocenters. The van der Waals surface area contributed by atoms with Crippen LogP contribution < -0.4 is 10.3 Å². The average Bonchev–Trinajstić information content (AvgIpc) is 3.03. The lowest BCUT2D eigenvalue weighted by Gasteiger charge is -2.03. The largest absolute Gasteiger partial charge is 0.497 e. The first-order valence-corrected chi connectivity index (χ1v) is 8.97. The number of hydrogen-bond acceptors (Lipinski definition) is 6. The van der Waals surface area contributed by atoms with Gasteiger partial charge in [0.2, 0.25) is 0 Å². The number of H-pyrrole nitrogens is 1. The highest BCUT2D eigenvalue weighted by molar-refractivity contribution is 6.01. The van der Waals surface area contributed by atoms with E-state index in [-0.39, 0.29) is 12.0 Å². The van der Waals surface area contributed by atoms with E-state index in [1.807, 2.05) is 19.1 Å². The smallest absolute Gasteiger partial charge is 0.311 e. The van der Waals surface area contributed by atoms with Crippen molar-refractivity contribution < 1.29 is 14.3 Å². The normalized spacial score (nSPS) is 11.4. The Hall–Kier alpha value is -3.68. The van der Waals surface area contributed by atoms with Gasteiger partial charge in [-0.2, -0.15) is 0 Å². The van der Waals surface area contributed by atoms with Crippen LogP contribution in [0.4, 0.5) is 5.82 Å². The number of ether oxygens (including phenoxy) is 2. The Labute approximate surface area is 167 Å². The summed E-state index contributed by atoms with van der Waals surface area (Å²) in [6.07, 6.45) is -0.0850. The molecule has 1 N–H and O–H groups in total. The van der Waals surface area contributed by atoms with Gasteiger partial charge in [-0.1, -0.05) is 6.07 Å². The van der Waals surface area contributed by atoms with Crippen molar-refractivity contribution in [2.24, 2.45) is 4.99 Å². The minimum absolute atomic E-state index is 0.0850. The zero-order chi connectivity index (χ0) is 21.0. The third-order valence-electron chi connectivity index (χ3n) is 4.36. The standard InChI is InChI=1S/C21H22N4O4/c1-13-6-5-7-18(22-13)23-14(2)20-17(12-19(26)29-4)24-25(21(20)27)15-8-10-16(28-3)11-9-15/h5-11,24H,12H2,1-4H3. The SMILES string of the molecule is COC(=O)Cc1[nH]n(-c2ccc(OC)cc2)c(=O)c1C(C)=Nc1cccc(C)n1. The van der Waals surface area contributed by atoms with Gasteiger partial charge in [0, 0.05) is 5.69 Å². The quantitative estimate of drug-likeness (QED) is 0.512. The number of pyridine rings is 1. The van der Waals surface area contributed by atoms with Crippen LogP contribution in [-0.4, -0.2) is 40.7 Å². The molecule has 0 saturated carbocycles. The van der Waals surface area contributed by atoms with Crippen LogP contribution in [-0.2, 0) is 16.0 Å². The number of methoxy groups -OCH3 is 2. The van der Waals surface area contributed by atoms with Crippen LogP contribution in [0.5, 0.6) is 5.75 Å². The van der Waals surface area contributed by atoms with Crippen molar-refractivity contribution in [1.29, 1.82) is 0 Å². The van der Waals surface area contributed by atoms with Gasteiger partial charge in [0.05, 0.1) is 43.3 Å². The van der Waals surface area contributed by atoms with E-state index in [9.17, 15) is 9.59 Å². The summed E-state index contributed by atoms with van der Waals surface area (Å²) < 4.78 is 11.3. The first kappa shape index (κ1) is 20.1. The van der Waals surface area contributed by atoms with E-state index in [2.05, 4.69) is 15.1 Å². The Morgan fingerprint density at radius 3 is 2.52 bits per heavy atom. The van der Waals surface area contributed by atoms with Gasteiger partial charge in [0.25, 0.3) is 5.56 Å². The second-order valence-electron chi connectivity index (χ2n) is 6.39. The number of aryl methyl sites for hydroxylation is 1. The number of nitrogens with one attached hydrogen (secondary N) is 1. The van der Waals surface area contributed by atoms with Gasteiger partial charge < -0.3 is 9.47 Å². The van der Waals surface area contributed by atoms with E-state index in [1.54, 1.807) is 44.4 Å². The van der Waals surface area contributed by atoms with Gasteiger partial charge in [-0.25, -0.2) is 14.7 Å². The molecule has 0 radical (unpaired) electrons. The lowest BCUT2D eigenvalue weighted by atomic mass is 10.1.